The lowest BCUT2D eigenvalue weighted by atomic mass is 9.86. The predicted octanol–water partition coefficient (Wildman–Crippen LogP) is 3.23. The molecular weight excluding hydrogens is 392 g/mol. The van der Waals surface area contributed by atoms with Crippen molar-refractivity contribution in [3.8, 4) is 0 Å². The number of imidazole rings is 1. The first-order valence-electron chi connectivity index (χ1n) is 9.93. The number of aliphatic hydroxyl groups excluding tert-OH is 1. The molecule has 4 aromatic heterocycles. The molecule has 9 heteroatoms. The molecular formula is C20H23ClN6O2. The minimum Gasteiger partial charge on any atom is -0.378 e. The van der Waals surface area contributed by atoms with Gasteiger partial charge in [-0.3, -0.25) is 9.30 Å². The first kappa shape index (κ1) is 18.6. The summed E-state index contributed by atoms with van der Waals surface area (Å²) < 4.78 is 7.33. The van der Waals surface area contributed by atoms with E-state index in [2.05, 4.69) is 31.3 Å². The Kier molecular flexibility index (Phi) is 4.77. The van der Waals surface area contributed by atoms with Gasteiger partial charge in [-0.25, -0.2) is 9.97 Å². The third-order valence-electron chi connectivity index (χ3n) is 6.01. The smallest absolute Gasteiger partial charge is 0.172 e. The zero-order chi connectivity index (χ0) is 20.0. The lowest BCUT2D eigenvalue weighted by molar-refractivity contribution is -0.0283. The number of aliphatic hydroxyl groups is 1. The molecule has 4 aromatic rings. The molecule has 1 aliphatic rings. The summed E-state index contributed by atoms with van der Waals surface area (Å²) in [6.45, 7) is 3.88. The van der Waals surface area contributed by atoms with E-state index in [1.165, 1.54) is 0 Å². The summed E-state index contributed by atoms with van der Waals surface area (Å²) >= 11 is 5.80. The first-order chi connectivity index (χ1) is 14.1. The van der Waals surface area contributed by atoms with Gasteiger partial charge in [0.15, 0.2) is 10.8 Å². The Labute approximate surface area is 172 Å². The topological polar surface area (TPSA) is 95.5 Å². The van der Waals surface area contributed by atoms with Crippen LogP contribution in [0.2, 0.25) is 5.15 Å². The molecule has 8 nitrogen and oxygen atoms in total. The van der Waals surface area contributed by atoms with Crippen LogP contribution in [0.4, 0.5) is 0 Å². The van der Waals surface area contributed by atoms with Gasteiger partial charge in [-0.2, -0.15) is 0 Å². The van der Waals surface area contributed by atoms with Crippen molar-refractivity contribution in [2.75, 3.05) is 13.1 Å². The molecule has 0 bridgehead atoms. The van der Waals surface area contributed by atoms with Crippen LogP contribution >= 0.6 is 11.6 Å². The number of hydrogen-bond acceptors (Lipinski definition) is 6. The Hall–Kier alpha value is -2.42. The van der Waals surface area contributed by atoms with Crippen molar-refractivity contribution < 1.29 is 9.63 Å². The average Bonchev–Trinajstić information content (AvgIpc) is 3.45. The summed E-state index contributed by atoms with van der Waals surface area (Å²) in [5.41, 5.74) is 2.86. The fourth-order valence-electron chi connectivity index (χ4n) is 4.32. The van der Waals surface area contributed by atoms with Gasteiger partial charge in [0.1, 0.15) is 17.8 Å². The second-order valence-electron chi connectivity index (χ2n) is 7.85. The molecule has 1 aliphatic heterocycles. The summed E-state index contributed by atoms with van der Waals surface area (Å²) in [6.07, 6.45) is 7.25. The van der Waals surface area contributed by atoms with E-state index in [4.69, 9.17) is 21.1 Å². The number of nitrogens with zero attached hydrogens (tertiary/aromatic N) is 5. The van der Waals surface area contributed by atoms with Gasteiger partial charge in [0.25, 0.3) is 0 Å². The van der Waals surface area contributed by atoms with Gasteiger partial charge in [-0.15, -0.1) is 0 Å². The molecule has 1 fully saturated rings. The van der Waals surface area contributed by atoms with E-state index in [1.807, 2.05) is 24.7 Å². The van der Waals surface area contributed by atoms with Crippen molar-refractivity contribution in [3.63, 3.8) is 0 Å². The first-order valence-corrected chi connectivity index (χ1v) is 10.3. The normalized spacial score (nSPS) is 21.9. The minimum absolute atomic E-state index is 0.223. The summed E-state index contributed by atoms with van der Waals surface area (Å²) in [6, 6.07) is 3.73. The Morgan fingerprint density at radius 3 is 3.07 bits per heavy atom. The van der Waals surface area contributed by atoms with Gasteiger partial charge in [0.05, 0.1) is 23.4 Å². The number of aromatic amines is 1. The zero-order valence-electron chi connectivity index (χ0n) is 16.1. The maximum Gasteiger partial charge on any atom is 0.172 e. The van der Waals surface area contributed by atoms with Gasteiger partial charge in [0.2, 0.25) is 0 Å². The largest absolute Gasteiger partial charge is 0.378 e. The van der Waals surface area contributed by atoms with Gasteiger partial charge >= 0.3 is 0 Å². The molecule has 1 unspecified atom stereocenters. The molecule has 1 saturated heterocycles. The van der Waals surface area contributed by atoms with E-state index >= 15 is 0 Å². The van der Waals surface area contributed by atoms with Crippen LogP contribution < -0.4 is 0 Å². The third-order valence-corrected chi connectivity index (χ3v) is 6.19. The van der Waals surface area contributed by atoms with Crippen molar-refractivity contribution in [1.82, 2.24) is 29.4 Å². The average molecular weight is 415 g/mol. The van der Waals surface area contributed by atoms with Crippen LogP contribution in [0.15, 0.2) is 35.2 Å². The van der Waals surface area contributed by atoms with E-state index in [-0.39, 0.29) is 5.92 Å². The lowest BCUT2D eigenvalue weighted by Gasteiger charge is -2.39. The highest BCUT2D eigenvalue weighted by Gasteiger charge is 2.33. The SMILES string of the molecule is C[C@@H]1CCN(C(O)CCc2cc(Cl)no2)C[C@@H]1c1ncc2cnc3[nH]ccc3n12. The highest BCUT2D eigenvalue weighted by atomic mass is 35.5. The highest BCUT2D eigenvalue weighted by molar-refractivity contribution is 6.29. The van der Waals surface area contributed by atoms with E-state index in [9.17, 15) is 5.11 Å². The van der Waals surface area contributed by atoms with Crippen LogP contribution in [-0.4, -0.2) is 53.8 Å². The molecule has 0 aromatic carbocycles. The van der Waals surface area contributed by atoms with Crippen LogP contribution in [0.1, 0.15) is 37.3 Å². The minimum atomic E-state index is -0.547. The number of hydrogen-bond donors (Lipinski definition) is 2. The maximum absolute atomic E-state index is 10.8. The molecule has 152 valence electrons. The Morgan fingerprint density at radius 1 is 1.38 bits per heavy atom. The molecule has 5 heterocycles. The number of piperidine rings is 1. The van der Waals surface area contributed by atoms with Crippen molar-refractivity contribution >= 4 is 28.3 Å². The summed E-state index contributed by atoms with van der Waals surface area (Å²) in [5, 5.41) is 14.8. The molecule has 2 N–H and O–H groups in total. The van der Waals surface area contributed by atoms with Gasteiger partial charge in [0, 0.05) is 37.7 Å². The maximum atomic E-state index is 10.8. The number of nitrogens with one attached hydrogen (secondary N) is 1. The molecule has 0 amide bonds. The molecule has 0 radical (unpaired) electrons. The van der Waals surface area contributed by atoms with Crippen LogP contribution in [0.5, 0.6) is 0 Å². The lowest BCUT2D eigenvalue weighted by Crippen LogP contribution is -2.45. The van der Waals surface area contributed by atoms with Crippen LogP contribution in [0.25, 0.3) is 16.7 Å². The second-order valence-corrected chi connectivity index (χ2v) is 8.24. The van der Waals surface area contributed by atoms with Gasteiger partial charge in [-0.1, -0.05) is 23.7 Å². The van der Waals surface area contributed by atoms with Crippen LogP contribution in [0.3, 0.4) is 0 Å². The molecule has 0 saturated carbocycles. The number of fused-ring (bicyclic) bond motifs is 3. The highest BCUT2D eigenvalue weighted by Crippen LogP contribution is 2.34. The fraction of sp³-hybridized carbons (Fsp3) is 0.450. The number of likely N-dealkylation sites (tertiary alicyclic amines) is 1. The van der Waals surface area contributed by atoms with Crippen molar-refractivity contribution in [1.29, 1.82) is 0 Å². The second kappa shape index (κ2) is 7.44. The molecule has 29 heavy (non-hydrogen) atoms. The van der Waals surface area contributed by atoms with Crippen molar-refractivity contribution in [2.24, 2.45) is 5.92 Å². The molecule has 3 atom stereocenters. The van der Waals surface area contributed by atoms with Crippen LogP contribution in [-0.2, 0) is 6.42 Å². The summed E-state index contributed by atoms with van der Waals surface area (Å²) in [4.78, 5) is 14.5. The molecule has 5 rings (SSSR count). The van der Waals surface area contributed by atoms with E-state index in [0.717, 1.165) is 42.0 Å². The standard InChI is InChI=1S/C20H23ClN6O2/c1-12-5-7-26(18(28)3-2-14-8-17(21)25-29-14)11-15(12)20-24-10-13-9-23-19-16(27(13)20)4-6-22-19/h4,6,8-10,12,15,18,22,28H,2-3,5,7,11H2,1H3/t12-,15+,18?/m1/s1. The van der Waals surface area contributed by atoms with E-state index in [1.54, 1.807) is 6.07 Å². The Bertz CT molecular complexity index is 1130. The Morgan fingerprint density at radius 2 is 2.24 bits per heavy atom. The number of rotatable bonds is 5. The van der Waals surface area contributed by atoms with Crippen LogP contribution in [0, 0.1) is 5.92 Å². The van der Waals surface area contributed by atoms with Crippen molar-refractivity contribution in [2.45, 2.75) is 38.3 Å². The molecule has 0 aliphatic carbocycles. The van der Waals surface area contributed by atoms with E-state index in [0.29, 0.717) is 29.7 Å². The number of H-pyrrole nitrogens is 1. The number of aromatic nitrogens is 5. The third kappa shape index (κ3) is 3.41. The van der Waals surface area contributed by atoms with Gasteiger partial charge in [-0.05, 0) is 24.8 Å². The number of aryl methyl sites for hydroxylation is 1. The van der Waals surface area contributed by atoms with E-state index < -0.39 is 6.23 Å². The number of halogens is 1. The summed E-state index contributed by atoms with van der Waals surface area (Å²) in [5.74, 6) is 2.41. The quantitative estimate of drug-likeness (QED) is 0.520. The Balaban J connectivity index is 1.37. The monoisotopic (exact) mass is 414 g/mol. The van der Waals surface area contributed by atoms with Crippen molar-refractivity contribution in [3.05, 3.63) is 47.5 Å². The van der Waals surface area contributed by atoms with Gasteiger partial charge < -0.3 is 14.6 Å². The summed E-state index contributed by atoms with van der Waals surface area (Å²) in [7, 11) is 0. The predicted molar refractivity (Wildman–Crippen MR) is 109 cm³/mol. The zero-order valence-corrected chi connectivity index (χ0v) is 16.9. The molecule has 0 spiro atoms. The fourth-order valence-corrected chi connectivity index (χ4v) is 4.48.